The van der Waals surface area contributed by atoms with Gasteiger partial charge in [0.2, 0.25) is 5.78 Å². The first-order chi connectivity index (χ1) is 11.4. The second-order valence-corrected chi connectivity index (χ2v) is 7.02. The number of Topliss-reactive ketones (excluding diaryl/α,β-unsaturated/α-hetero) is 1. The summed E-state index contributed by atoms with van der Waals surface area (Å²) < 4.78 is 16.7. The Balaban J connectivity index is 2.17. The Kier molecular flexibility index (Phi) is 4.52. The summed E-state index contributed by atoms with van der Waals surface area (Å²) in [5, 5.41) is 0.468. The van der Waals surface area contributed by atoms with Crippen LogP contribution in [0.5, 0.6) is 0 Å². The van der Waals surface area contributed by atoms with Gasteiger partial charge in [0, 0.05) is 15.3 Å². The molecule has 0 spiro atoms. The first kappa shape index (κ1) is 16.8. The molecule has 0 bridgehead atoms. The number of hydrogen-bond donors (Lipinski definition) is 0. The Morgan fingerprint density at radius 3 is 2.46 bits per heavy atom. The average Bonchev–Trinajstić information content (AvgIpc) is 2.79. The van der Waals surface area contributed by atoms with Gasteiger partial charge >= 0.3 is 11.7 Å². The van der Waals surface area contributed by atoms with E-state index < -0.39 is 5.60 Å². The normalized spacial score (nSPS) is 16.2. The highest BCUT2D eigenvalue weighted by atomic mass is 35.5. The molecule has 0 aliphatic carbocycles. The van der Waals surface area contributed by atoms with Gasteiger partial charge in [-0.05, 0) is 31.5 Å². The topological polar surface area (TPSA) is 43.4 Å². The van der Waals surface area contributed by atoms with Gasteiger partial charge in [0.15, 0.2) is 5.60 Å². The molecule has 1 heterocycles. The van der Waals surface area contributed by atoms with Crippen LogP contribution in [0, 0.1) is 0 Å². The molecule has 122 valence electrons. The minimum atomic E-state index is -0.937. The van der Waals surface area contributed by atoms with Crippen molar-refractivity contribution in [1.82, 2.24) is 0 Å². The van der Waals surface area contributed by atoms with Crippen molar-refractivity contribution in [3.8, 4) is 0 Å². The molecule has 5 heteroatoms. The van der Waals surface area contributed by atoms with Crippen LogP contribution in [-0.2, 0) is 31.2 Å². The van der Waals surface area contributed by atoms with E-state index in [1.165, 1.54) is 0 Å². The van der Waals surface area contributed by atoms with Crippen LogP contribution in [0.1, 0.15) is 30.5 Å². The Morgan fingerprint density at radius 1 is 1.12 bits per heavy atom. The van der Waals surface area contributed by atoms with Crippen molar-refractivity contribution in [2.24, 2.45) is 0 Å². The lowest BCUT2D eigenvalue weighted by Gasteiger charge is -2.18. The minimum Gasteiger partial charge on any atom is -0.478 e. The van der Waals surface area contributed by atoms with E-state index in [9.17, 15) is 9.00 Å². The van der Waals surface area contributed by atoms with E-state index in [1.54, 1.807) is 26.0 Å². The third kappa shape index (κ3) is 2.99. The number of ketones is 1. The van der Waals surface area contributed by atoms with E-state index in [2.05, 4.69) is 0 Å². The van der Waals surface area contributed by atoms with Crippen LogP contribution >= 0.6 is 11.6 Å². The van der Waals surface area contributed by atoms with E-state index in [0.717, 1.165) is 11.1 Å². The first-order valence-corrected chi connectivity index (χ1v) is 8.80. The Labute approximate surface area is 149 Å². The van der Waals surface area contributed by atoms with Crippen molar-refractivity contribution >= 4 is 40.4 Å². The van der Waals surface area contributed by atoms with Gasteiger partial charge < -0.3 is 4.74 Å². The highest BCUT2D eigenvalue weighted by Crippen LogP contribution is 2.43. The average molecular weight is 360 g/mol. The highest BCUT2D eigenvalue weighted by Gasteiger charge is 2.43. The van der Waals surface area contributed by atoms with Crippen molar-refractivity contribution in [2.75, 3.05) is 0 Å². The Hall–Kier alpha value is -2.04. The molecule has 0 aromatic heterocycles. The number of halogens is 1. The van der Waals surface area contributed by atoms with E-state index >= 15 is 0 Å². The molecule has 24 heavy (non-hydrogen) atoms. The zero-order valence-electron chi connectivity index (χ0n) is 13.3. The summed E-state index contributed by atoms with van der Waals surface area (Å²) in [6, 6.07) is 14.8. The number of benzene rings is 2. The number of rotatable bonds is 4. The van der Waals surface area contributed by atoms with Gasteiger partial charge in [0.25, 0.3) is 5.75 Å². The fraction of sp³-hybridized carbons (Fsp3) is 0.211. The van der Waals surface area contributed by atoms with Crippen LogP contribution in [0.15, 0.2) is 48.5 Å². The zero-order valence-corrected chi connectivity index (χ0v) is 14.9. The molecule has 0 fully saturated rings. The molecule has 1 aliphatic rings. The lowest BCUT2D eigenvalue weighted by atomic mass is 9.92. The SMILES string of the molecule is CC1(C)OC(c2ccc(C[S+]=O)cc2Cl)=C(c2ccccc2)C1=O. The predicted molar refractivity (Wildman–Crippen MR) is 96.6 cm³/mol. The molecule has 2 aromatic rings. The summed E-state index contributed by atoms with van der Waals surface area (Å²) in [5.74, 6) is 0.761. The summed E-state index contributed by atoms with van der Waals surface area (Å²) in [4.78, 5) is 12.8. The predicted octanol–water partition coefficient (Wildman–Crippen LogP) is 4.51. The van der Waals surface area contributed by atoms with Crippen molar-refractivity contribution < 1.29 is 13.7 Å². The molecular weight excluding hydrogens is 344 g/mol. The van der Waals surface area contributed by atoms with Crippen molar-refractivity contribution in [1.29, 1.82) is 0 Å². The molecule has 2 aromatic carbocycles. The maximum atomic E-state index is 12.8. The van der Waals surface area contributed by atoms with Crippen LogP contribution in [0.25, 0.3) is 11.3 Å². The van der Waals surface area contributed by atoms with Crippen molar-refractivity contribution in [2.45, 2.75) is 25.2 Å². The quantitative estimate of drug-likeness (QED) is 0.754. The fourth-order valence-corrected chi connectivity index (χ4v) is 3.32. The molecule has 0 saturated carbocycles. The number of ether oxygens (including phenoxy) is 1. The van der Waals surface area contributed by atoms with Crippen LogP contribution in [0.3, 0.4) is 0 Å². The van der Waals surface area contributed by atoms with Gasteiger partial charge in [-0.2, -0.15) is 0 Å². The molecular formula is C19H16ClO3S+. The summed E-state index contributed by atoms with van der Waals surface area (Å²) in [6.07, 6.45) is 0. The molecule has 0 atom stereocenters. The summed E-state index contributed by atoms with van der Waals surface area (Å²) in [6.45, 7) is 3.50. The van der Waals surface area contributed by atoms with Gasteiger partial charge in [-0.1, -0.05) is 48.0 Å². The molecule has 0 unspecified atom stereocenters. The minimum absolute atomic E-state index is 0.0704. The molecule has 0 N–H and O–H groups in total. The fourth-order valence-electron chi connectivity index (χ4n) is 2.71. The lowest BCUT2D eigenvalue weighted by Crippen LogP contribution is -2.29. The standard InChI is InChI=1S/C19H16ClO3S/c1-19(2)18(21)16(13-6-4-3-5-7-13)17(23-19)14-9-8-12(11-24-22)10-15(14)20/h3-10H,11H2,1-2H3/q+1. The third-order valence-electron chi connectivity index (χ3n) is 3.92. The third-order valence-corrected chi connectivity index (χ3v) is 4.69. The van der Waals surface area contributed by atoms with E-state index in [-0.39, 0.29) is 5.78 Å². The van der Waals surface area contributed by atoms with Crippen molar-refractivity contribution in [3.05, 3.63) is 70.2 Å². The zero-order chi connectivity index (χ0) is 17.3. The monoisotopic (exact) mass is 359 g/mol. The largest absolute Gasteiger partial charge is 0.478 e. The number of carbonyl (C=O) groups excluding carboxylic acids is 1. The van der Waals surface area contributed by atoms with Crippen molar-refractivity contribution in [3.63, 3.8) is 0 Å². The van der Waals surface area contributed by atoms with Crippen LogP contribution in [0.4, 0.5) is 0 Å². The molecule has 0 radical (unpaired) electrons. The first-order valence-electron chi connectivity index (χ1n) is 7.51. The smallest absolute Gasteiger partial charge is 0.463 e. The number of hydrogen-bond acceptors (Lipinski definition) is 3. The van der Waals surface area contributed by atoms with Gasteiger partial charge in [0.1, 0.15) is 5.76 Å². The van der Waals surface area contributed by atoms with E-state index in [0.29, 0.717) is 39.3 Å². The highest BCUT2D eigenvalue weighted by molar-refractivity contribution is 7.64. The van der Waals surface area contributed by atoms with Gasteiger partial charge in [-0.3, -0.25) is 4.79 Å². The molecule has 0 amide bonds. The second-order valence-electron chi connectivity index (χ2n) is 6.09. The number of carbonyl (C=O) groups is 1. The molecule has 1 aliphatic heterocycles. The summed E-state index contributed by atoms with van der Waals surface area (Å²) in [7, 11) is 0. The maximum Gasteiger partial charge on any atom is 0.463 e. The molecule has 3 nitrogen and oxygen atoms in total. The molecule has 0 saturated heterocycles. The van der Waals surface area contributed by atoms with Gasteiger partial charge in [-0.25, -0.2) is 0 Å². The van der Waals surface area contributed by atoms with Crippen LogP contribution in [-0.4, -0.2) is 11.4 Å². The van der Waals surface area contributed by atoms with Crippen LogP contribution in [0.2, 0.25) is 5.02 Å². The molecule has 3 rings (SSSR count). The van der Waals surface area contributed by atoms with E-state index in [4.69, 9.17) is 16.3 Å². The van der Waals surface area contributed by atoms with E-state index in [1.807, 2.05) is 36.4 Å². The van der Waals surface area contributed by atoms with Crippen LogP contribution < -0.4 is 0 Å². The maximum absolute atomic E-state index is 12.8. The summed E-state index contributed by atoms with van der Waals surface area (Å²) >= 11 is 6.90. The van der Waals surface area contributed by atoms with Gasteiger partial charge in [-0.15, -0.1) is 0 Å². The lowest BCUT2D eigenvalue weighted by molar-refractivity contribution is -0.125. The van der Waals surface area contributed by atoms with Gasteiger partial charge in [0.05, 0.1) is 10.6 Å². The summed E-state index contributed by atoms with van der Waals surface area (Å²) in [5.41, 5.74) is 1.91. The Bertz CT molecular complexity index is 841. The second kappa shape index (κ2) is 6.46. The Morgan fingerprint density at radius 2 is 1.83 bits per heavy atom.